The van der Waals surface area contributed by atoms with E-state index in [0.29, 0.717) is 34.7 Å². The summed E-state index contributed by atoms with van der Waals surface area (Å²) in [5, 5.41) is 4.60. The topological polar surface area (TPSA) is 30.5 Å². The summed E-state index contributed by atoms with van der Waals surface area (Å²) in [6.45, 7) is 3.05. The maximum Gasteiger partial charge on any atom is 0.180 e. The van der Waals surface area contributed by atoms with Crippen molar-refractivity contribution in [3.63, 3.8) is 0 Å². The van der Waals surface area contributed by atoms with Gasteiger partial charge in [-0.05, 0) is 47.9 Å². The third kappa shape index (κ3) is 5.09. The highest BCUT2D eigenvalue weighted by molar-refractivity contribution is 6.32. The van der Waals surface area contributed by atoms with E-state index in [2.05, 4.69) is 5.32 Å². The van der Waals surface area contributed by atoms with Gasteiger partial charge in [0.2, 0.25) is 0 Å². The quantitative estimate of drug-likeness (QED) is 0.489. The number of benzene rings is 3. The fourth-order valence-electron chi connectivity index (χ4n) is 2.73. The molecular weight excluding hydrogens is 381 g/mol. The Hall–Kier alpha value is -2.36. The Labute approximate surface area is 169 Å². The lowest BCUT2D eigenvalue weighted by Crippen LogP contribution is -2.03. The van der Waals surface area contributed by atoms with Crippen LogP contribution >= 0.6 is 23.2 Å². The van der Waals surface area contributed by atoms with E-state index in [1.54, 1.807) is 7.11 Å². The molecule has 3 aromatic rings. The van der Waals surface area contributed by atoms with E-state index in [0.717, 1.165) is 22.4 Å². The minimum absolute atomic E-state index is 0.427. The second-order valence-corrected chi connectivity index (χ2v) is 7.04. The van der Waals surface area contributed by atoms with E-state index in [4.69, 9.17) is 32.7 Å². The summed E-state index contributed by atoms with van der Waals surface area (Å²) < 4.78 is 11.4. The third-order valence-corrected chi connectivity index (χ3v) is 4.71. The first-order valence-electron chi connectivity index (χ1n) is 8.60. The van der Waals surface area contributed by atoms with Crippen LogP contribution < -0.4 is 14.8 Å². The van der Waals surface area contributed by atoms with Crippen LogP contribution in [-0.4, -0.2) is 7.11 Å². The Morgan fingerprint density at radius 3 is 2.44 bits per heavy atom. The van der Waals surface area contributed by atoms with E-state index >= 15 is 0 Å². The molecular formula is C22H21Cl2NO2. The molecule has 0 aliphatic carbocycles. The molecule has 3 nitrogen and oxygen atoms in total. The smallest absolute Gasteiger partial charge is 0.180 e. The van der Waals surface area contributed by atoms with Crippen molar-refractivity contribution in [3.8, 4) is 11.5 Å². The predicted molar refractivity (Wildman–Crippen MR) is 112 cm³/mol. The lowest BCUT2D eigenvalue weighted by Gasteiger charge is -2.15. The number of methoxy groups -OCH3 is 1. The highest BCUT2D eigenvalue weighted by atomic mass is 35.5. The van der Waals surface area contributed by atoms with Crippen LogP contribution in [0.5, 0.6) is 11.5 Å². The maximum absolute atomic E-state index is 6.46. The fourth-order valence-corrected chi connectivity index (χ4v) is 3.19. The molecule has 3 aromatic carbocycles. The molecule has 0 amide bonds. The summed E-state index contributed by atoms with van der Waals surface area (Å²) in [5.41, 5.74) is 4.17. The van der Waals surface area contributed by atoms with Gasteiger partial charge in [-0.25, -0.2) is 0 Å². The number of aryl methyl sites for hydroxylation is 1. The van der Waals surface area contributed by atoms with E-state index in [1.807, 2.05) is 67.6 Å². The van der Waals surface area contributed by atoms with Gasteiger partial charge in [-0.15, -0.1) is 0 Å². The van der Waals surface area contributed by atoms with Crippen molar-refractivity contribution < 1.29 is 9.47 Å². The zero-order chi connectivity index (χ0) is 19.2. The number of rotatable bonds is 7. The Bertz CT molecular complexity index is 914. The predicted octanol–water partition coefficient (Wildman–Crippen LogP) is 6.50. The van der Waals surface area contributed by atoms with Gasteiger partial charge in [0.05, 0.1) is 12.1 Å². The van der Waals surface area contributed by atoms with Crippen molar-refractivity contribution in [3.05, 3.63) is 87.4 Å². The monoisotopic (exact) mass is 401 g/mol. The molecule has 0 atom stereocenters. The molecule has 0 unspecified atom stereocenters. The number of ether oxygens (including phenoxy) is 2. The summed E-state index contributed by atoms with van der Waals surface area (Å²) in [7, 11) is 1.61. The van der Waals surface area contributed by atoms with Gasteiger partial charge >= 0.3 is 0 Å². The Morgan fingerprint density at radius 2 is 1.70 bits per heavy atom. The van der Waals surface area contributed by atoms with Crippen molar-refractivity contribution >= 4 is 28.9 Å². The molecule has 0 fully saturated rings. The number of hydrogen-bond acceptors (Lipinski definition) is 3. The lowest BCUT2D eigenvalue weighted by molar-refractivity contribution is 0.284. The zero-order valence-corrected chi connectivity index (χ0v) is 16.8. The van der Waals surface area contributed by atoms with Gasteiger partial charge < -0.3 is 14.8 Å². The largest absolute Gasteiger partial charge is 0.493 e. The summed E-state index contributed by atoms with van der Waals surface area (Å²) >= 11 is 12.5. The minimum Gasteiger partial charge on any atom is -0.493 e. The van der Waals surface area contributed by atoms with Gasteiger partial charge in [-0.2, -0.15) is 0 Å². The molecule has 0 saturated carbocycles. The summed E-state index contributed by atoms with van der Waals surface area (Å²) in [5.74, 6) is 1.16. The highest BCUT2D eigenvalue weighted by Gasteiger charge is 2.13. The summed E-state index contributed by atoms with van der Waals surface area (Å²) in [4.78, 5) is 0. The number of halogens is 2. The molecule has 140 valence electrons. The molecule has 5 heteroatoms. The van der Waals surface area contributed by atoms with Crippen LogP contribution in [0.3, 0.4) is 0 Å². The van der Waals surface area contributed by atoms with Gasteiger partial charge in [0, 0.05) is 17.3 Å². The van der Waals surface area contributed by atoms with Crippen LogP contribution in [0.2, 0.25) is 10.0 Å². The first-order valence-corrected chi connectivity index (χ1v) is 9.35. The van der Waals surface area contributed by atoms with Crippen molar-refractivity contribution in [2.75, 3.05) is 12.4 Å². The normalized spacial score (nSPS) is 10.5. The van der Waals surface area contributed by atoms with E-state index < -0.39 is 0 Å². The second-order valence-electron chi connectivity index (χ2n) is 6.20. The van der Waals surface area contributed by atoms with E-state index in [1.165, 1.54) is 0 Å². The molecule has 0 radical (unpaired) electrons. The molecule has 0 spiro atoms. The first-order chi connectivity index (χ1) is 13.1. The lowest BCUT2D eigenvalue weighted by atomic mass is 10.1. The van der Waals surface area contributed by atoms with Gasteiger partial charge in [0.1, 0.15) is 6.61 Å². The molecule has 0 saturated heterocycles. The van der Waals surface area contributed by atoms with Crippen LogP contribution in [0, 0.1) is 6.92 Å². The Morgan fingerprint density at radius 1 is 0.926 bits per heavy atom. The Balaban J connectivity index is 1.74. The molecule has 3 rings (SSSR count). The number of nitrogens with one attached hydrogen (secondary N) is 1. The van der Waals surface area contributed by atoms with E-state index in [-0.39, 0.29) is 0 Å². The molecule has 0 bridgehead atoms. The van der Waals surface area contributed by atoms with Crippen molar-refractivity contribution in [1.29, 1.82) is 0 Å². The maximum atomic E-state index is 6.46. The molecule has 0 aliphatic heterocycles. The fraction of sp³-hybridized carbons (Fsp3) is 0.182. The van der Waals surface area contributed by atoms with Gasteiger partial charge in [-0.3, -0.25) is 0 Å². The van der Waals surface area contributed by atoms with Crippen LogP contribution in [0.1, 0.15) is 16.7 Å². The summed E-state index contributed by atoms with van der Waals surface area (Å²) in [6, 6.07) is 19.5. The first kappa shape index (κ1) is 19.4. The SMILES string of the molecule is COc1cc(CNc2cc(Cl)ccc2C)cc(Cl)c1OCc1ccccc1. The van der Waals surface area contributed by atoms with Crippen LogP contribution in [0.4, 0.5) is 5.69 Å². The van der Waals surface area contributed by atoms with Gasteiger partial charge in [0.25, 0.3) is 0 Å². The van der Waals surface area contributed by atoms with Crippen molar-refractivity contribution in [2.24, 2.45) is 0 Å². The minimum atomic E-state index is 0.427. The zero-order valence-electron chi connectivity index (χ0n) is 15.3. The number of anilines is 1. The van der Waals surface area contributed by atoms with Gasteiger partial charge in [-0.1, -0.05) is 59.6 Å². The van der Waals surface area contributed by atoms with Crippen LogP contribution in [-0.2, 0) is 13.2 Å². The molecule has 0 aromatic heterocycles. The number of hydrogen-bond donors (Lipinski definition) is 1. The van der Waals surface area contributed by atoms with E-state index in [9.17, 15) is 0 Å². The molecule has 1 N–H and O–H groups in total. The molecule has 0 heterocycles. The van der Waals surface area contributed by atoms with Crippen LogP contribution in [0.15, 0.2) is 60.7 Å². The second kappa shape index (κ2) is 9.03. The molecule has 27 heavy (non-hydrogen) atoms. The van der Waals surface area contributed by atoms with Crippen molar-refractivity contribution in [1.82, 2.24) is 0 Å². The summed E-state index contributed by atoms with van der Waals surface area (Å²) in [6.07, 6.45) is 0. The molecule has 0 aliphatic rings. The average Bonchev–Trinajstić information content (AvgIpc) is 2.68. The average molecular weight is 402 g/mol. The highest BCUT2D eigenvalue weighted by Crippen LogP contribution is 2.37. The standard InChI is InChI=1S/C22H21Cl2NO2/c1-15-8-9-18(23)12-20(15)25-13-17-10-19(24)22(21(11-17)26-2)27-14-16-6-4-3-5-7-16/h3-12,25H,13-14H2,1-2H3. The third-order valence-electron chi connectivity index (χ3n) is 4.20. The Kier molecular flexibility index (Phi) is 6.49. The van der Waals surface area contributed by atoms with Crippen molar-refractivity contribution in [2.45, 2.75) is 20.1 Å². The van der Waals surface area contributed by atoms with Gasteiger partial charge in [0.15, 0.2) is 11.5 Å². The van der Waals surface area contributed by atoms with Crippen LogP contribution in [0.25, 0.3) is 0 Å².